The van der Waals surface area contributed by atoms with Crippen molar-refractivity contribution in [3.05, 3.63) is 65.4 Å². The Balaban J connectivity index is 1.42. The maximum Gasteiger partial charge on any atom is 0.139 e. The molecule has 8 nitrogen and oxygen atoms in total. The molecule has 2 saturated heterocycles. The number of nitrogens with zero attached hydrogens (tertiary/aromatic N) is 4. The summed E-state index contributed by atoms with van der Waals surface area (Å²) < 4.78 is 21.0. The largest absolute Gasteiger partial charge is 0.383 e. The van der Waals surface area contributed by atoms with Gasteiger partial charge in [0.15, 0.2) is 0 Å². The first-order chi connectivity index (χ1) is 17.6. The third-order valence-electron chi connectivity index (χ3n) is 7.17. The summed E-state index contributed by atoms with van der Waals surface area (Å²) in [7, 11) is 0. The van der Waals surface area contributed by atoms with Crippen molar-refractivity contribution in [1.82, 2.24) is 19.2 Å². The highest BCUT2D eigenvalue weighted by molar-refractivity contribution is 6.13. The fourth-order valence-electron chi connectivity index (χ4n) is 5.09. The molecule has 192 valence electrons. The topological polar surface area (TPSA) is 89.1 Å². The summed E-state index contributed by atoms with van der Waals surface area (Å²) in [6.07, 6.45) is 6.87. The number of hydrogen-bond acceptors (Lipinski definition) is 7. The molecule has 0 bridgehead atoms. The van der Waals surface area contributed by atoms with E-state index >= 15 is 0 Å². The van der Waals surface area contributed by atoms with E-state index in [1.807, 2.05) is 18.2 Å². The van der Waals surface area contributed by atoms with Gasteiger partial charge in [0, 0.05) is 56.7 Å². The maximum absolute atomic E-state index is 14.0. The molecule has 4 heterocycles. The molecule has 5 rings (SSSR count). The lowest BCUT2D eigenvalue weighted by molar-refractivity contribution is 0.00412. The van der Waals surface area contributed by atoms with Gasteiger partial charge in [0.05, 0.1) is 30.8 Å². The number of aromatic nitrogens is 2. The minimum absolute atomic E-state index is 0.248. The number of nitrogens with one attached hydrogen (secondary N) is 2. The van der Waals surface area contributed by atoms with Crippen molar-refractivity contribution in [2.24, 2.45) is 0 Å². The second kappa shape index (κ2) is 11.5. The van der Waals surface area contributed by atoms with E-state index in [2.05, 4.69) is 20.1 Å². The van der Waals surface area contributed by atoms with E-state index in [0.717, 1.165) is 70.0 Å². The lowest BCUT2D eigenvalue weighted by Gasteiger charge is -2.28. The van der Waals surface area contributed by atoms with E-state index in [1.54, 1.807) is 16.7 Å². The Morgan fingerprint density at radius 2 is 1.86 bits per heavy atom. The monoisotopic (exact) mass is 494 g/mol. The molecule has 1 aromatic carbocycles. The fourth-order valence-corrected chi connectivity index (χ4v) is 5.09. The number of benzene rings is 1. The van der Waals surface area contributed by atoms with Gasteiger partial charge in [-0.05, 0) is 36.6 Å². The van der Waals surface area contributed by atoms with Crippen molar-refractivity contribution in [1.29, 1.82) is 5.41 Å². The van der Waals surface area contributed by atoms with Crippen molar-refractivity contribution >= 4 is 17.0 Å². The molecule has 3 N–H and O–H groups in total. The van der Waals surface area contributed by atoms with E-state index in [4.69, 9.17) is 10.1 Å². The Morgan fingerprint density at radius 1 is 1.08 bits per heavy atom. The lowest BCUT2D eigenvalue weighted by atomic mass is 10.0. The van der Waals surface area contributed by atoms with Gasteiger partial charge in [-0.3, -0.25) is 19.6 Å². The summed E-state index contributed by atoms with van der Waals surface area (Å²) in [6.45, 7) is 6.63. The van der Waals surface area contributed by atoms with E-state index < -0.39 is 6.23 Å². The average Bonchev–Trinajstić information content (AvgIpc) is 3.12. The number of pyridine rings is 1. The molecule has 1 unspecified atom stereocenters. The average molecular weight is 495 g/mol. The van der Waals surface area contributed by atoms with Crippen molar-refractivity contribution in [2.75, 3.05) is 57.8 Å². The Labute approximate surface area is 211 Å². The van der Waals surface area contributed by atoms with Crippen LogP contribution in [0, 0.1) is 11.2 Å². The molecule has 2 aromatic heterocycles. The first-order valence-corrected chi connectivity index (χ1v) is 12.9. The first-order valence-electron chi connectivity index (χ1n) is 12.9. The van der Waals surface area contributed by atoms with E-state index in [1.165, 1.54) is 25.1 Å². The molecule has 1 atom stereocenters. The minimum Gasteiger partial charge on any atom is -0.383 e. The predicted octanol–water partition coefficient (Wildman–Crippen LogP) is 3.50. The number of morpholine rings is 1. The van der Waals surface area contributed by atoms with Crippen LogP contribution in [0.2, 0.25) is 0 Å². The van der Waals surface area contributed by atoms with Gasteiger partial charge in [0.25, 0.3) is 0 Å². The summed E-state index contributed by atoms with van der Waals surface area (Å²) in [5.74, 6) is -0.380. The number of anilines is 1. The molecule has 2 aliphatic heterocycles. The molecule has 3 aromatic rings. The van der Waals surface area contributed by atoms with Crippen LogP contribution in [0.25, 0.3) is 5.65 Å². The number of imidazole rings is 1. The zero-order valence-corrected chi connectivity index (χ0v) is 20.6. The van der Waals surface area contributed by atoms with Gasteiger partial charge in [-0.25, -0.2) is 9.37 Å². The highest BCUT2D eigenvalue weighted by Gasteiger charge is 2.22. The summed E-state index contributed by atoms with van der Waals surface area (Å²) in [5, 5.41) is 23.7. The van der Waals surface area contributed by atoms with Gasteiger partial charge >= 0.3 is 0 Å². The van der Waals surface area contributed by atoms with E-state index in [0.29, 0.717) is 23.4 Å². The highest BCUT2D eigenvalue weighted by Crippen LogP contribution is 2.28. The SMILES string of the molecule is N=C(c1ccc(C(O)N2CCCCCC2)cc1NCCN1CCOCC1)c1cnc2ccc(F)cn12. The smallest absolute Gasteiger partial charge is 0.139 e. The molecule has 9 heteroatoms. The van der Waals surface area contributed by atoms with Crippen LogP contribution in [0.5, 0.6) is 0 Å². The Hall–Kier alpha value is -2.85. The number of likely N-dealkylation sites (tertiary alicyclic amines) is 1. The standard InChI is InChI=1S/C27H35FN6O2/c28-21-6-8-25-31-18-24(34(25)19-21)26(29)22-7-5-20(27(35)33-10-3-1-2-4-11-33)17-23(22)30-9-12-32-13-15-36-16-14-32/h5-8,17-19,27,29-30,35H,1-4,9-16H2. The number of fused-ring (bicyclic) bond motifs is 1. The first kappa shape index (κ1) is 24.8. The third kappa shape index (κ3) is 5.59. The van der Waals surface area contributed by atoms with Gasteiger partial charge in [0.2, 0.25) is 0 Å². The summed E-state index contributed by atoms with van der Waals surface area (Å²) >= 11 is 0. The highest BCUT2D eigenvalue weighted by atomic mass is 19.1. The van der Waals surface area contributed by atoms with Crippen LogP contribution in [0.3, 0.4) is 0 Å². The van der Waals surface area contributed by atoms with E-state index in [9.17, 15) is 9.50 Å². The molecule has 36 heavy (non-hydrogen) atoms. The normalized spacial score (nSPS) is 18.7. The molecular formula is C27H35FN6O2. The van der Waals surface area contributed by atoms with Gasteiger partial charge in [-0.15, -0.1) is 0 Å². The molecule has 2 fully saturated rings. The minimum atomic E-state index is -0.684. The molecule has 0 amide bonds. The molecule has 0 aliphatic carbocycles. The maximum atomic E-state index is 14.0. The lowest BCUT2D eigenvalue weighted by Crippen LogP contribution is -2.39. The van der Waals surface area contributed by atoms with Crippen molar-refractivity contribution < 1.29 is 14.2 Å². The molecule has 0 saturated carbocycles. The van der Waals surface area contributed by atoms with Crippen LogP contribution in [-0.2, 0) is 4.74 Å². The van der Waals surface area contributed by atoms with Crippen LogP contribution >= 0.6 is 0 Å². The number of ether oxygens (including phenoxy) is 1. The van der Waals surface area contributed by atoms with Crippen LogP contribution in [0.15, 0.2) is 42.7 Å². The van der Waals surface area contributed by atoms with Gasteiger partial charge in [-0.1, -0.05) is 25.0 Å². The predicted molar refractivity (Wildman–Crippen MR) is 138 cm³/mol. The number of rotatable bonds is 8. The number of halogens is 1. The zero-order valence-electron chi connectivity index (χ0n) is 20.6. The van der Waals surface area contributed by atoms with Crippen LogP contribution in [0.1, 0.15) is 48.7 Å². The molecular weight excluding hydrogens is 459 g/mol. The Morgan fingerprint density at radius 3 is 2.64 bits per heavy atom. The van der Waals surface area contributed by atoms with Gasteiger partial charge < -0.3 is 15.2 Å². The summed E-state index contributed by atoms with van der Waals surface area (Å²) in [4.78, 5) is 8.83. The number of aliphatic hydroxyl groups is 1. The second-order valence-electron chi connectivity index (χ2n) is 9.60. The Kier molecular flexibility index (Phi) is 7.91. The third-order valence-corrected chi connectivity index (χ3v) is 7.17. The number of aliphatic hydroxyl groups excluding tert-OH is 1. The van der Waals surface area contributed by atoms with Gasteiger partial charge in [0.1, 0.15) is 17.7 Å². The summed E-state index contributed by atoms with van der Waals surface area (Å²) in [5.41, 5.74) is 3.64. The van der Waals surface area contributed by atoms with Crippen LogP contribution < -0.4 is 5.32 Å². The van der Waals surface area contributed by atoms with Crippen molar-refractivity contribution in [2.45, 2.75) is 31.9 Å². The number of hydrogen-bond donors (Lipinski definition) is 3. The van der Waals surface area contributed by atoms with Crippen LogP contribution in [-0.4, -0.2) is 82.5 Å². The Bertz CT molecular complexity index is 1180. The van der Waals surface area contributed by atoms with Gasteiger partial charge in [-0.2, -0.15) is 0 Å². The zero-order chi connectivity index (χ0) is 24.9. The van der Waals surface area contributed by atoms with E-state index in [-0.39, 0.29) is 11.5 Å². The quantitative estimate of drug-likeness (QED) is 0.416. The van der Waals surface area contributed by atoms with Crippen LogP contribution in [0.4, 0.5) is 10.1 Å². The van der Waals surface area contributed by atoms with Crippen molar-refractivity contribution in [3.8, 4) is 0 Å². The van der Waals surface area contributed by atoms with Crippen molar-refractivity contribution in [3.63, 3.8) is 0 Å². The summed E-state index contributed by atoms with van der Waals surface area (Å²) in [6, 6.07) is 8.72. The molecule has 0 spiro atoms. The molecule has 0 radical (unpaired) electrons. The second-order valence-corrected chi connectivity index (χ2v) is 9.60. The fraction of sp³-hybridized carbons (Fsp3) is 0.481. The molecule has 2 aliphatic rings.